The monoisotopic (exact) mass is 245 g/mol. The number of aliphatic carboxylic acids is 1. The highest BCUT2D eigenvalue weighted by Gasteiger charge is 2.38. The molecule has 1 heterocycles. The van der Waals surface area contributed by atoms with E-state index in [-0.39, 0.29) is 12.0 Å². The average Bonchev–Trinajstić information content (AvgIpc) is 2.70. The van der Waals surface area contributed by atoms with Gasteiger partial charge in [-0.05, 0) is 11.7 Å². The van der Waals surface area contributed by atoms with Crippen molar-refractivity contribution in [3.63, 3.8) is 0 Å². The molecule has 0 bridgehead atoms. The molecule has 0 aromatic heterocycles. The second-order valence-corrected chi connectivity index (χ2v) is 4.22. The van der Waals surface area contributed by atoms with Gasteiger partial charge in [0.25, 0.3) is 0 Å². The van der Waals surface area contributed by atoms with Crippen molar-refractivity contribution in [2.24, 2.45) is 0 Å². The van der Waals surface area contributed by atoms with E-state index in [2.05, 4.69) is 0 Å². The molecule has 0 aromatic rings. The molecule has 0 radical (unpaired) electrons. The fourth-order valence-corrected chi connectivity index (χ4v) is 1.92. The van der Waals surface area contributed by atoms with Gasteiger partial charge in [-0.25, -0.2) is 4.79 Å². The van der Waals surface area contributed by atoms with E-state index >= 15 is 0 Å². The Morgan fingerprint density at radius 3 is 2.75 bits per heavy atom. The molecule has 0 saturated carbocycles. The minimum absolute atomic E-state index is 0.187. The molecule has 1 N–H and O–H groups in total. The normalized spacial score (nSPS) is 25.2. The number of carbonyl (C=O) groups is 2. The lowest BCUT2D eigenvalue weighted by molar-refractivity contribution is -0.146. The van der Waals surface area contributed by atoms with E-state index in [9.17, 15) is 9.59 Å². The summed E-state index contributed by atoms with van der Waals surface area (Å²) < 4.78 is 5.09. The first kappa shape index (κ1) is 13.1. The lowest BCUT2D eigenvalue weighted by Crippen LogP contribution is -2.39. The molecule has 1 aliphatic heterocycles. The Hall–Kier alpha value is -1.01. The zero-order valence-electron chi connectivity index (χ0n) is 9.25. The zero-order chi connectivity index (χ0) is 12.1. The van der Waals surface area contributed by atoms with Crippen molar-refractivity contribution in [1.82, 2.24) is 4.90 Å². The van der Waals surface area contributed by atoms with Crippen molar-refractivity contribution >= 4 is 23.6 Å². The van der Waals surface area contributed by atoms with Gasteiger partial charge in [0.1, 0.15) is 6.04 Å². The molecule has 5 nitrogen and oxygen atoms in total. The number of amides is 1. The highest BCUT2D eigenvalue weighted by atomic mass is 32.2. The van der Waals surface area contributed by atoms with Crippen LogP contribution in [0.1, 0.15) is 6.42 Å². The Kier molecular flexibility index (Phi) is 4.82. The van der Waals surface area contributed by atoms with Crippen LogP contribution in [0.3, 0.4) is 0 Å². The summed E-state index contributed by atoms with van der Waals surface area (Å²) in [5.74, 6) is -1.26. The van der Waals surface area contributed by atoms with Gasteiger partial charge in [0.2, 0.25) is 5.91 Å². The quantitative estimate of drug-likeness (QED) is 0.733. The Morgan fingerprint density at radius 2 is 2.25 bits per heavy atom. The number of likely N-dealkylation sites (tertiary alicyclic amines) is 1. The third-order valence-corrected chi connectivity index (χ3v) is 2.92. The number of carbonyl (C=O) groups excluding carboxylic acids is 1. The third-order valence-electron chi connectivity index (χ3n) is 2.51. The predicted octanol–water partition coefficient (Wildman–Crippen LogP) is 0.564. The SMILES string of the molecule is COC1CC(C(=O)O)N(C(=O)/C=C/SC)C1. The lowest BCUT2D eigenvalue weighted by Gasteiger charge is -2.19. The Balaban J connectivity index is 2.72. The van der Waals surface area contributed by atoms with E-state index in [4.69, 9.17) is 9.84 Å². The average molecular weight is 245 g/mol. The van der Waals surface area contributed by atoms with Gasteiger partial charge in [0.15, 0.2) is 0 Å². The molecule has 2 unspecified atom stereocenters. The van der Waals surface area contributed by atoms with Crippen LogP contribution in [0, 0.1) is 0 Å². The summed E-state index contributed by atoms with van der Waals surface area (Å²) in [7, 11) is 1.52. The second kappa shape index (κ2) is 5.91. The highest BCUT2D eigenvalue weighted by Crippen LogP contribution is 2.20. The van der Waals surface area contributed by atoms with Crippen LogP contribution >= 0.6 is 11.8 Å². The molecule has 0 aromatic carbocycles. The number of hydrogen-bond acceptors (Lipinski definition) is 4. The highest BCUT2D eigenvalue weighted by molar-refractivity contribution is 8.01. The molecule has 90 valence electrons. The van der Waals surface area contributed by atoms with Gasteiger partial charge in [-0.3, -0.25) is 4.79 Å². The third kappa shape index (κ3) is 2.99. The number of rotatable bonds is 4. The molecule has 0 spiro atoms. The first-order chi connectivity index (χ1) is 7.60. The van der Waals surface area contributed by atoms with Crippen molar-refractivity contribution in [3.8, 4) is 0 Å². The van der Waals surface area contributed by atoms with Crippen LogP contribution in [-0.4, -0.2) is 53.9 Å². The number of thioether (sulfide) groups is 1. The van der Waals surface area contributed by atoms with E-state index in [1.165, 1.54) is 29.8 Å². The Morgan fingerprint density at radius 1 is 1.56 bits per heavy atom. The summed E-state index contributed by atoms with van der Waals surface area (Å²) in [6.07, 6.45) is 3.39. The molecule has 1 saturated heterocycles. The number of methoxy groups -OCH3 is 1. The summed E-state index contributed by atoms with van der Waals surface area (Å²) in [6.45, 7) is 0.338. The van der Waals surface area contributed by atoms with Crippen molar-refractivity contribution in [2.75, 3.05) is 19.9 Å². The Bertz CT molecular complexity index is 305. The maximum Gasteiger partial charge on any atom is 0.326 e. The van der Waals surface area contributed by atoms with Crippen molar-refractivity contribution in [3.05, 3.63) is 11.5 Å². The Labute approximate surface area is 98.4 Å². The van der Waals surface area contributed by atoms with E-state index in [0.717, 1.165) is 0 Å². The zero-order valence-corrected chi connectivity index (χ0v) is 10.1. The molecule has 6 heteroatoms. The summed E-state index contributed by atoms with van der Waals surface area (Å²) in [5.41, 5.74) is 0. The van der Waals surface area contributed by atoms with Crippen LogP contribution in [0.25, 0.3) is 0 Å². The molecule has 16 heavy (non-hydrogen) atoms. The number of nitrogens with zero attached hydrogens (tertiary/aromatic N) is 1. The van der Waals surface area contributed by atoms with Gasteiger partial charge in [0.05, 0.1) is 6.10 Å². The van der Waals surface area contributed by atoms with Crippen LogP contribution in [-0.2, 0) is 14.3 Å². The van der Waals surface area contributed by atoms with Crippen LogP contribution < -0.4 is 0 Å². The lowest BCUT2D eigenvalue weighted by atomic mass is 10.2. The van der Waals surface area contributed by atoms with Gasteiger partial charge in [0, 0.05) is 26.2 Å². The second-order valence-electron chi connectivity index (χ2n) is 3.48. The van der Waals surface area contributed by atoms with E-state index < -0.39 is 12.0 Å². The number of carboxylic acids is 1. The fraction of sp³-hybridized carbons (Fsp3) is 0.600. The minimum atomic E-state index is -0.981. The summed E-state index contributed by atoms with van der Waals surface area (Å²) >= 11 is 1.40. The van der Waals surface area contributed by atoms with Gasteiger partial charge < -0.3 is 14.7 Å². The van der Waals surface area contributed by atoms with E-state index in [1.54, 1.807) is 5.41 Å². The van der Waals surface area contributed by atoms with Crippen molar-refractivity contribution in [1.29, 1.82) is 0 Å². The predicted molar refractivity (Wildman–Crippen MR) is 61.2 cm³/mol. The fourth-order valence-electron chi connectivity index (χ4n) is 1.67. The molecule has 2 atom stereocenters. The van der Waals surface area contributed by atoms with Crippen LogP contribution in [0.15, 0.2) is 11.5 Å². The van der Waals surface area contributed by atoms with Gasteiger partial charge in [-0.2, -0.15) is 0 Å². The standard InChI is InChI=1S/C10H15NO4S/c1-15-7-5-8(10(13)14)11(6-7)9(12)3-4-16-2/h3-4,7-8H,5-6H2,1-2H3,(H,13,14)/b4-3+. The number of ether oxygens (including phenoxy) is 1. The molecular weight excluding hydrogens is 230 g/mol. The molecule has 1 rings (SSSR count). The van der Waals surface area contributed by atoms with Gasteiger partial charge in [-0.1, -0.05) is 0 Å². The van der Waals surface area contributed by atoms with Crippen LogP contribution in [0.4, 0.5) is 0 Å². The minimum Gasteiger partial charge on any atom is -0.480 e. The maximum atomic E-state index is 11.7. The van der Waals surface area contributed by atoms with E-state index in [0.29, 0.717) is 13.0 Å². The smallest absolute Gasteiger partial charge is 0.326 e. The first-order valence-electron chi connectivity index (χ1n) is 4.85. The van der Waals surface area contributed by atoms with Crippen molar-refractivity contribution < 1.29 is 19.4 Å². The maximum absolute atomic E-state index is 11.7. The molecular formula is C10H15NO4S. The molecule has 0 aliphatic carbocycles. The van der Waals surface area contributed by atoms with Crippen LogP contribution in [0.2, 0.25) is 0 Å². The summed E-state index contributed by atoms with van der Waals surface area (Å²) in [6, 6.07) is -0.774. The molecule has 1 fully saturated rings. The van der Waals surface area contributed by atoms with Gasteiger partial charge in [-0.15, -0.1) is 11.8 Å². The topological polar surface area (TPSA) is 66.8 Å². The first-order valence-corrected chi connectivity index (χ1v) is 6.14. The number of hydrogen-bond donors (Lipinski definition) is 1. The summed E-state index contributed by atoms with van der Waals surface area (Å²) in [5, 5.41) is 10.6. The van der Waals surface area contributed by atoms with Crippen LogP contribution in [0.5, 0.6) is 0 Å². The largest absolute Gasteiger partial charge is 0.480 e. The molecule has 1 amide bonds. The molecule has 1 aliphatic rings. The summed E-state index contributed by atoms with van der Waals surface area (Å²) in [4.78, 5) is 24.0. The van der Waals surface area contributed by atoms with Crippen molar-refractivity contribution in [2.45, 2.75) is 18.6 Å². The number of carboxylic acid groups (broad SMARTS) is 1. The van der Waals surface area contributed by atoms with Gasteiger partial charge >= 0.3 is 5.97 Å². The van der Waals surface area contributed by atoms with E-state index in [1.807, 2.05) is 6.26 Å².